The lowest BCUT2D eigenvalue weighted by molar-refractivity contribution is -0.131. The number of carbonyl (C=O) groups is 2. The molecule has 2 aromatic rings. The van der Waals surface area contributed by atoms with Gasteiger partial charge in [-0.15, -0.1) is 0 Å². The highest BCUT2D eigenvalue weighted by Gasteiger charge is 2.27. The third-order valence-electron chi connectivity index (χ3n) is 4.01. The molecule has 5 nitrogen and oxygen atoms in total. The average Bonchev–Trinajstić information content (AvgIpc) is 2.58. The number of hydrogen-bond donors (Lipinski definition) is 1. The molecule has 5 heteroatoms. The smallest absolute Gasteiger partial charge is 0.246 e. The monoisotopic (exact) mass is 339 g/mol. The van der Waals surface area contributed by atoms with Gasteiger partial charge in [0.25, 0.3) is 0 Å². The Morgan fingerprint density at radius 1 is 0.960 bits per heavy atom. The maximum atomic E-state index is 12.9. The molecule has 0 fully saturated rings. The second-order valence-electron chi connectivity index (χ2n) is 6.37. The third-order valence-corrected chi connectivity index (χ3v) is 4.01. The molecule has 132 valence electrons. The zero-order chi connectivity index (χ0) is 18.4. The Hall–Kier alpha value is -2.66. The van der Waals surface area contributed by atoms with E-state index in [1.54, 1.807) is 26.0 Å². The molecule has 25 heavy (non-hydrogen) atoms. The maximum Gasteiger partial charge on any atom is 0.246 e. The van der Waals surface area contributed by atoms with Crippen molar-refractivity contribution < 1.29 is 9.59 Å². The maximum absolute atomic E-state index is 12.9. The summed E-state index contributed by atoms with van der Waals surface area (Å²) < 4.78 is 0. The predicted octanol–water partition coefficient (Wildman–Crippen LogP) is 2.69. The summed E-state index contributed by atoms with van der Waals surface area (Å²) in [6.07, 6.45) is 0. The topological polar surface area (TPSA) is 52.7 Å². The Balaban J connectivity index is 2.23. The van der Waals surface area contributed by atoms with Crippen LogP contribution in [-0.4, -0.2) is 49.3 Å². The third kappa shape index (κ3) is 5.16. The minimum atomic E-state index is -0.550. The second kappa shape index (κ2) is 8.44. The number of carbonyl (C=O) groups excluding carboxylic acids is 2. The number of anilines is 1. The largest absolute Gasteiger partial charge is 0.348 e. The number of aryl methyl sites for hydroxylation is 1. The van der Waals surface area contributed by atoms with Gasteiger partial charge >= 0.3 is 0 Å². The van der Waals surface area contributed by atoms with Gasteiger partial charge in [-0.1, -0.05) is 48.0 Å². The van der Waals surface area contributed by atoms with Gasteiger partial charge in [0.05, 0.1) is 6.54 Å². The Labute approximate surface area is 149 Å². The van der Waals surface area contributed by atoms with Crippen molar-refractivity contribution in [3.05, 3.63) is 65.7 Å². The van der Waals surface area contributed by atoms with Crippen LogP contribution in [0, 0.1) is 6.92 Å². The number of likely N-dealkylation sites (N-methyl/N-ethyl adjacent to an activating group) is 2. The first-order chi connectivity index (χ1) is 11.9. The minimum absolute atomic E-state index is 0.0495. The van der Waals surface area contributed by atoms with Gasteiger partial charge in [0, 0.05) is 19.8 Å². The number of benzene rings is 2. The molecule has 2 amide bonds. The van der Waals surface area contributed by atoms with Gasteiger partial charge in [-0.25, -0.2) is 0 Å². The highest BCUT2D eigenvalue weighted by molar-refractivity contribution is 5.96. The fourth-order valence-electron chi connectivity index (χ4n) is 2.53. The molecule has 0 spiro atoms. The first kappa shape index (κ1) is 18.7. The van der Waals surface area contributed by atoms with Crippen molar-refractivity contribution in [3.8, 4) is 0 Å². The molecule has 0 aliphatic heterocycles. The lowest BCUT2D eigenvalue weighted by Crippen LogP contribution is -2.41. The van der Waals surface area contributed by atoms with Gasteiger partial charge in [0.15, 0.2) is 0 Å². The number of amides is 2. The summed E-state index contributed by atoms with van der Waals surface area (Å²) in [6, 6.07) is 16.6. The van der Waals surface area contributed by atoms with E-state index in [2.05, 4.69) is 5.32 Å². The number of hydrogen-bond acceptors (Lipinski definition) is 3. The normalized spacial score (nSPS) is 11.9. The zero-order valence-corrected chi connectivity index (χ0v) is 15.2. The lowest BCUT2D eigenvalue weighted by atomic mass is 10.0. The van der Waals surface area contributed by atoms with Gasteiger partial charge in [-0.3, -0.25) is 14.5 Å². The summed E-state index contributed by atoms with van der Waals surface area (Å²) in [4.78, 5) is 28.3. The van der Waals surface area contributed by atoms with Crippen molar-refractivity contribution in [3.63, 3.8) is 0 Å². The highest BCUT2D eigenvalue weighted by atomic mass is 16.2. The second-order valence-corrected chi connectivity index (χ2v) is 6.37. The van der Waals surface area contributed by atoms with Crippen molar-refractivity contribution in [1.29, 1.82) is 0 Å². The van der Waals surface area contributed by atoms with E-state index in [0.717, 1.165) is 16.8 Å². The van der Waals surface area contributed by atoms with Crippen LogP contribution in [0.1, 0.15) is 17.2 Å². The summed E-state index contributed by atoms with van der Waals surface area (Å²) in [7, 11) is 5.20. The molecule has 0 aliphatic carbocycles. The number of nitrogens with zero attached hydrogens (tertiary/aromatic N) is 2. The molecule has 0 radical (unpaired) electrons. The predicted molar refractivity (Wildman–Crippen MR) is 100 cm³/mol. The van der Waals surface area contributed by atoms with E-state index in [0.29, 0.717) is 0 Å². The molecule has 0 saturated carbocycles. The molecule has 2 aromatic carbocycles. The van der Waals surface area contributed by atoms with Crippen LogP contribution in [0.4, 0.5) is 5.69 Å². The molecule has 1 N–H and O–H groups in total. The zero-order valence-electron chi connectivity index (χ0n) is 15.2. The fourth-order valence-corrected chi connectivity index (χ4v) is 2.53. The van der Waals surface area contributed by atoms with E-state index < -0.39 is 6.04 Å². The Kier molecular flexibility index (Phi) is 6.31. The number of rotatable bonds is 6. The Morgan fingerprint density at radius 2 is 1.56 bits per heavy atom. The quantitative estimate of drug-likeness (QED) is 0.880. The van der Waals surface area contributed by atoms with E-state index in [1.807, 2.05) is 61.5 Å². The van der Waals surface area contributed by atoms with E-state index in [4.69, 9.17) is 0 Å². The van der Waals surface area contributed by atoms with Crippen molar-refractivity contribution in [2.24, 2.45) is 0 Å². The van der Waals surface area contributed by atoms with E-state index in [-0.39, 0.29) is 18.4 Å². The van der Waals surface area contributed by atoms with Gasteiger partial charge in [0.1, 0.15) is 6.04 Å². The van der Waals surface area contributed by atoms with Crippen molar-refractivity contribution >= 4 is 17.5 Å². The van der Waals surface area contributed by atoms with Gasteiger partial charge in [0.2, 0.25) is 11.8 Å². The molecule has 0 bridgehead atoms. The summed E-state index contributed by atoms with van der Waals surface area (Å²) >= 11 is 0. The SMILES string of the molecule is Cc1ccc(NC(=O)[C@H](c2ccccc2)N(C)CC(=O)N(C)C)cc1. The fraction of sp³-hybridized carbons (Fsp3) is 0.300. The van der Waals surface area contributed by atoms with Crippen LogP contribution in [-0.2, 0) is 9.59 Å². The van der Waals surface area contributed by atoms with Gasteiger partial charge in [-0.2, -0.15) is 0 Å². The minimum Gasteiger partial charge on any atom is -0.348 e. The van der Waals surface area contributed by atoms with Gasteiger partial charge < -0.3 is 10.2 Å². The first-order valence-electron chi connectivity index (χ1n) is 8.21. The molecular weight excluding hydrogens is 314 g/mol. The molecule has 0 aliphatic rings. The molecule has 0 saturated heterocycles. The van der Waals surface area contributed by atoms with Crippen molar-refractivity contribution in [2.75, 3.05) is 33.0 Å². The standard InChI is InChI=1S/C20H25N3O2/c1-15-10-12-17(13-11-15)21-20(25)19(16-8-6-5-7-9-16)23(4)14-18(24)22(2)3/h5-13,19H,14H2,1-4H3,(H,21,25)/t19-/m0/s1. The van der Waals surface area contributed by atoms with Crippen molar-refractivity contribution in [2.45, 2.75) is 13.0 Å². The van der Waals surface area contributed by atoms with E-state index in [1.165, 1.54) is 4.90 Å². The number of nitrogens with one attached hydrogen (secondary N) is 1. The van der Waals surface area contributed by atoms with Crippen LogP contribution in [0.25, 0.3) is 0 Å². The van der Waals surface area contributed by atoms with Crippen molar-refractivity contribution in [1.82, 2.24) is 9.80 Å². The Bertz CT molecular complexity index is 711. The van der Waals surface area contributed by atoms with Crippen LogP contribution < -0.4 is 5.32 Å². The van der Waals surface area contributed by atoms with Crippen LogP contribution in [0.2, 0.25) is 0 Å². The molecular formula is C20H25N3O2. The summed E-state index contributed by atoms with van der Waals surface area (Å²) in [5.41, 5.74) is 2.72. The average molecular weight is 339 g/mol. The van der Waals surface area contributed by atoms with Crippen LogP contribution in [0.15, 0.2) is 54.6 Å². The van der Waals surface area contributed by atoms with Crippen LogP contribution in [0.5, 0.6) is 0 Å². The summed E-state index contributed by atoms with van der Waals surface area (Å²) in [6.45, 7) is 2.16. The molecule has 0 aromatic heterocycles. The lowest BCUT2D eigenvalue weighted by Gasteiger charge is -2.28. The molecule has 2 rings (SSSR count). The highest BCUT2D eigenvalue weighted by Crippen LogP contribution is 2.22. The van der Waals surface area contributed by atoms with Crippen LogP contribution >= 0.6 is 0 Å². The van der Waals surface area contributed by atoms with Gasteiger partial charge in [-0.05, 0) is 31.7 Å². The van der Waals surface area contributed by atoms with Crippen LogP contribution in [0.3, 0.4) is 0 Å². The Morgan fingerprint density at radius 3 is 2.12 bits per heavy atom. The molecule has 1 atom stereocenters. The summed E-state index contributed by atoms with van der Waals surface area (Å²) in [5, 5.41) is 2.95. The molecule has 0 heterocycles. The van der Waals surface area contributed by atoms with E-state index in [9.17, 15) is 9.59 Å². The molecule has 0 unspecified atom stereocenters. The summed E-state index contributed by atoms with van der Waals surface area (Å²) in [5.74, 6) is -0.212. The van der Waals surface area contributed by atoms with E-state index >= 15 is 0 Å². The first-order valence-corrected chi connectivity index (χ1v) is 8.21.